The van der Waals surface area contributed by atoms with Crippen LogP contribution in [0.25, 0.3) is 22.1 Å². The van der Waals surface area contributed by atoms with Crippen molar-refractivity contribution in [3.63, 3.8) is 0 Å². The van der Waals surface area contributed by atoms with Crippen LogP contribution in [0.3, 0.4) is 0 Å². The van der Waals surface area contributed by atoms with Crippen LogP contribution in [0.2, 0.25) is 0 Å². The first-order valence-electron chi connectivity index (χ1n) is 8.15. The summed E-state index contributed by atoms with van der Waals surface area (Å²) in [6, 6.07) is 11.1. The van der Waals surface area contributed by atoms with E-state index in [4.69, 9.17) is 4.74 Å². The minimum Gasteiger partial charge on any atom is -0.427 e. The van der Waals surface area contributed by atoms with Crippen LogP contribution < -0.4 is 14.8 Å². The molecule has 5 nitrogen and oxygen atoms in total. The summed E-state index contributed by atoms with van der Waals surface area (Å²) in [6.07, 6.45) is 1.83. The number of benzene rings is 2. The number of imidazole rings is 1. The number of aryl methyl sites for hydroxylation is 2. The molecule has 0 aliphatic heterocycles. The second-order valence-corrected chi connectivity index (χ2v) is 7.24. The molecule has 130 valence electrons. The minimum absolute atomic E-state index is 0.0696. The van der Waals surface area contributed by atoms with Gasteiger partial charge in [-0.15, -0.1) is 0 Å². The van der Waals surface area contributed by atoms with E-state index in [1.165, 1.54) is 18.3 Å². The molecule has 6 heteroatoms. The molecule has 26 heavy (non-hydrogen) atoms. The van der Waals surface area contributed by atoms with Gasteiger partial charge in [-0.2, -0.15) is 0 Å². The van der Waals surface area contributed by atoms with Crippen molar-refractivity contribution in [3.8, 4) is 5.75 Å². The summed E-state index contributed by atoms with van der Waals surface area (Å²) in [5.74, 6) is 0.121. The zero-order valence-corrected chi connectivity index (χ0v) is 15.4. The highest BCUT2D eigenvalue weighted by Gasteiger charge is 2.12. The van der Waals surface area contributed by atoms with E-state index in [-0.39, 0.29) is 11.5 Å². The summed E-state index contributed by atoms with van der Waals surface area (Å²) in [4.78, 5) is 29.1. The van der Waals surface area contributed by atoms with E-state index < -0.39 is 0 Å². The Morgan fingerprint density at radius 3 is 2.54 bits per heavy atom. The SMILES string of the molecule is CC(=O)Oc1ccc(/C=c2/sc3nc4cc(C)c(C)cc4n3c2=O)cc1. The van der Waals surface area contributed by atoms with Gasteiger partial charge in [0.2, 0.25) is 0 Å². The molecule has 0 aliphatic carbocycles. The Labute approximate surface area is 153 Å². The number of thiazole rings is 1. The number of aromatic nitrogens is 2. The van der Waals surface area contributed by atoms with Crippen LogP contribution >= 0.6 is 11.3 Å². The quantitative estimate of drug-likeness (QED) is 0.405. The molecule has 0 aliphatic rings. The van der Waals surface area contributed by atoms with Crippen molar-refractivity contribution < 1.29 is 9.53 Å². The highest BCUT2D eigenvalue weighted by atomic mass is 32.1. The van der Waals surface area contributed by atoms with Crippen LogP contribution in [0.4, 0.5) is 0 Å². The summed E-state index contributed by atoms with van der Waals surface area (Å²) in [6.45, 7) is 5.43. The minimum atomic E-state index is -0.361. The second kappa shape index (κ2) is 6.07. The van der Waals surface area contributed by atoms with Crippen LogP contribution in [-0.2, 0) is 4.79 Å². The van der Waals surface area contributed by atoms with Crippen LogP contribution in [0.1, 0.15) is 23.6 Å². The van der Waals surface area contributed by atoms with Gasteiger partial charge < -0.3 is 4.74 Å². The highest BCUT2D eigenvalue weighted by molar-refractivity contribution is 7.15. The fraction of sp³-hybridized carbons (Fsp3) is 0.150. The van der Waals surface area contributed by atoms with E-state index in [0.717, 1.165) is 27.7 Å². The Kier molecular flexibility index (Phi) is 3.85. The molecule has 2 aromatic heterocycles. The molecule has 0 radical (unpaired) electrons. The zero-order chi connectivity index (χ0) is 18.4. The number of ether oxygens (including phenoxy) is 1. The number of carbonyl (C=O) groups is 1. The second-order valence-electron chi connectivity index (χ2n) is 6.23. The summed E-state index contributed by atoms with van der Waals surface area (Å²) in [7, 11) is 0. The van der Waals surface area contributed by atoms with Gasteiger partial charge in [-0.25, -0.2) is 9.38 Å². The Morgan fingerprint density at radius 2 is 1.85 bits per heavy atom. The van der Waals surface area contributed by atoms with Gasteiger partial charge in [0.15, 0.2) is 4.96 Å². The van der Waals surface area contributed by atoms with Crippen molar-refractivity contribution in [2.45, 2.75) is 20.8 Å². The lowest BCUT2D eigenvalue weighted by molar-refractivity contribution is -0.131. The molecule has 2 heterocycles. The van der Waals surface area contributed by atoms with E-state index in [0.29, 0.717) is 15.2 Å². The van der Waals surface area contributed by atoms with Crippen LogP contribution in [0.5, 0.6) is 5.75 Å². The van der Waals surface area contributed by atoms with Crippen molar-refractivity contribution in [1.29, 1.82) is 0 Å². The normalized spacial score (nSPS) is 12.2. The number of rotatable bonds is 2. The first-order chi connectivity index (χ1) is 12.4. The van der Waals surface area contributed by atoms with Gasteiger partial charge in [-0.3, -0.25) is 9.59 Å². The van der Waals surface area contributed by atoms with Gasteiger partial charge in [-0.1, -0.05) is 23.5 Å². The molecular weight excluding hydrogens is 348 g/mol. The van der Waals surface area contributed by atoms with E-state index in [1.54, 1.807) is 16.5 Å². The molecule has 4 aromatic rings. The van der Waals surface area contributed by atoms with E-state index in [1.807, 2.05) is 44.2 Å². The zero-order valence-electron chi connectivity index (χ0n) is 14.6. The topological polar surface area (TPSA) is 60.7 Å². The summed E-state index contributed by atoms with van der Waals surface area (Å²) < 4.78 is 7.31. The van der Waals surface area contributed by atoms with Gasteiger partial charge >= 0.3 is 5.97 Å². The molecule has 0 unspecified atom stereocenters. The standard InChI is InChI=1S/C20H16N2O3S/c1-11-8-16-17(9-12(11)2)22-19(24)18(26-20(22)21-16)10-14-4-6-15(7-5-14)25-13(3)23/h4-10H,1-3H3/b18-10+. The summed E-state index contributed by atoms with van der Waals surface area (Å²) >= 11 is 1.37. The first kappa shape index (κ1) is 16.5. The third-order valence-electron chi connectivity index (χ3n) is 4.29. The van der Waals surface area contributed by atoms with Crippen molar-refractivity contribution in [2.24, 2.45) is 0 Å². The Hall–Kier alpha value is -2.99. The molecule has 0 saturated heterocycles. The van der Waals surface area contributed by atoms with Gasteiger partial charge in [0, 0.05) is 6.92 Å². The van der Waals surface area contributed by atoms with Crippen molar-refractivity contribution in [1.82, 2.24) is 9.38 Å². The fourth-order valence-corrected chi connectivity index (χ4v) is 3.85. The number of carbonyl (C=O) groups excluding carboxylic acids is 1. The maximum absolute atomic E-state index is 12.8. The Morgan fingerprint density at radius 1 is 1.15 bits per heavy atom. The van der Waals surface area contributed by atoms with E-state index in [2.05, 4.69) is 4.98 Å². The smallest absolute Gasteiger partial charge is 0.308 e. The number of hydrogen-bond donors (Lipinski definition) is 0. The Bertz CT molecular complexity index is 1270. The first-order valence-corrected chi connectivity index (χ1v) is 8.96. The van der Waals surface area contributed by atoms with Gasteiger partial charge in [-0.05, 0) is 60.9 Å². The number of fused-ring (bicyclic) bond motifs is 3. The molecule has 4 rings (SSSR count). The predicted molar refractivity (Wildman–Crippen MR) is 103 cm³/mol. The number of esters is 1. The summed E-state index contributed by atoms with van der Waals surface area (Å²) in [5, 5.41) is 0. The highest BCUT2D eigenvalue weighted by Crippen LogP contribution is 2.20. The maximum atomic E-state index is 12.8. The van der Waals surface area contributed by atoms with Crippen LogP contribution in [-0.4, -0.2) is 15.4 Å². The largest absolute Gasteiger partial charge is 0.427 e. The fourth-order valence-electron chi connectivity index (χ4n) is 2.87. The van der Waals surface area contributed by atoms with E-state index >= 15 is 0 Å². The molecule has 0 atom stereocenters. The molecule has 0 spiro atoms. The van der Waals surface area contributed by atoms with Crippen molar-refractivity contribution >= 4 is 39.4 Å². The lowest BCUT2D eigenvalue weighted by Crippen LogP contribution is -2.22. The number of hydrogen-bond acceptors (Lipinski definition) is 5. The monoisotopic (exact) mass is 364 g/mol. The van der Waals surface area contributed by atoms with Crippen molar-refractivity contribution in [3.05, 3.63) is 68.0 Å². The lowest BCUT2D eigenvalue weighted by atomic mass is 10.1. The molecular formula is C20H16N2O3S. The van der Waals surface area contributed by atoms with Gasteiger partial charge in [0.1, 0.15) is 5.75 Å². The molecule has 0 N–H and O–H groups in total. The molecule has 0 amide bonds. The molecule has 0 saturated carbocycles. The molecule has 2 aromatic carbocycles. The van der Waals surface area contributed by atoms with Gasteiger partial charge in [0.25, 0.3) is 5.56 Å². The predicted octanol–water partition coefficient (Wildman–Crippen LogP) is 3.00. The lowest BCUT2D eigenvalue weighted by Gasteiger charge is -2.00. The average molecular weight is 364 g/mol. The number of nitrogens with zero attached hydrogens (tertiary/aromatic N) is 2. The average Bonchev–Trinajstić information content (AvgIpc) is 3.06. The molecule has 0 fully saturated rings. The summed E-state index contributed by atoms with van der Waals surface area (Å²) in [5.41, 5.74) is 4.77. The Balaban J connectivity index is 1.83. The van der Waals surface area contributed by atoms with Crippen LogP contribution in [0, 0.1) is 13.8 Å². The van der Waals surface area contributed by atoms with Gasteiger partial charge in [0.05, 0.1) is 15.6 Å². The third-order valence-corrected chi connectivity index (χ3v) is 5.26. The third kappa shape index (κ3) is 2.78. The van der Waals surface area contributed by atoms with E-state index in [9.17, 15) is 9.59 Å². The van der Waals surface area contributed by atoms with Crippen molar-refractivity contribution in [2.75, 3.05) is 0 Å². The molecule has 0 bridgehead atoms. The maximum Gasteiger partial charge on any atom is 0.308 e. The van der Waals surface area contributed by atoms with Crippen LogP contribution in [0.15, 0.2) is 41.2 Å².